The molecule has 0 aromatic carbocycles. The molecule has 1 aliphatic carbocycles. The zero-order chi connectivity index (χ0) is 14.2. The van der Waals surface area contributed by atoms with Crippen LogP contribution in [0.2, 0.25) is 5.15 Å². The monoisotopic (exact) mass is 298 g/mol. The summed E-state index contributed by atoms with van der Waals surface area (Å²) < 4.78 is 4.99. The van der Waals surface area contributed by atoms with Gasteiger partial charge in [0.1, 0.15) is 5.76 Å². The molecule has 0 radical (unpaired) electrons. The zero-order valence-corrected chi connectivity index (χ0v) is 12.1. The molecule has 1 saturated heterocycles. The Morgan fingerprint density at radius 3 is 3.05 bits per heavy atom. The summed E-state index contributed by atoms with van der Waals surface area (Å²) >= 11 is 5.67. The molecule has 1 aromatic rings. The number of aliphatic hydroxyl groups is 1. The Hall–Kier alpha value is -1.07. The second-order valence-corrected chi connectivity index (χ2v) is 6.29. The third-order valence-electron chi connectivity index (χ3n) is 4.41. The van der Waals surface area contributed by atoms with Crippen molar-refractivity contribution in [3.05, 3.63) is 17.0 Å². The van der Waals surface area contributed by atoms with Crippen molar-refractivity contribution in [2.75, 3.05) is 13.1 Å². The predicted octanol–water partition coefficient (Wildman–Crippen LogP) is 2.02. The Labute approximate surface area is 122 Å². The van der Waals surface area contributed by atoms with E-state index in [1.54, 1.807) is 6.07 Å². The van der Waals surface area contributed by atoms with Crippen LogP contribution < -0.4 is 0 Å². The van der Waals surface area contributed by atoms with Gasteiger partial charge in [0.25, 0.3) is 0 Å². The van der Waals surface area contributed by atoms with E-state index in [1.807, 2.05) is 4.90 Å². The molecule has 6 heteroatoms. The Morgan fingerprint density at radius 2 is 2.40 bits per heavy atom. The fourth-order valence-corrected chi connectivity index (χ4v) is 3.13. The molecule has 0 bridgehead atoms. The molecule has 1 atom stereocenters. The van der Waals surface area contributed by atoms with E-state index in [0.29, 0.717) is 30.3 Å². The number of aryl methyl sites for hydroxylation is 1. The van der Waals surface area contributed by atoms with Crippen LogP contribution in [0.25, 0.3) is 0 Å². The third kappa shape index (κ3) is 2.99. The molecular weight excluding hydrogens is 280 g/mol. The molecule has 1 saturated carbocycles. The topological polar surface area (TPSA) is 66.6 Å². The number of piperidine rings is 1. The molecule has 1 unspecified atom stereocenters. The third-order valence-corrected chi connectivity index (χ3v) is 4.59. The Morgan fingerprint density at radius 1 is 1.60 bits per heavy atom. The molecule has 1 aromatic heterocycles. The SMILES string of the molecule is O=C(CCc1cc(Cl)no1)N1CCCC(C2(O)CC2)C1. The van der Waals surface area contributed by atoms with Crippen molar-refractivity contribution in [2.24, 2.45) is 5.92 Å². The number of nitrogens with zero attached hydrogens (tertiary/aromatic N) is 2. The minimum atomic E-state index is -0.489. The maximum atomic E-state index is 12.2. The van der Waals surface area contributed by atoms with E-state index in [4.69, 9.17) is 16.1 Å². The van der Waals surface area contributed by atoms with Gasteiger partial charge in [-0.25, -0.2) is 0 Å². The first-order valence-electron chi connectivity index (χ1n) is 7.18. The second-order valence-electron chi connectivity index (χ2n) is 5.90. The maximum Gasteiger partial charge on any atom is 0.223 e. The molecular formula is C14H19ClN2O3. The van der Waals surface area contributed by atoms with Gasteiger partial charge in [-0.2, -0.15) is 0 Å². The molecule has 1 N–H and O–H groups in total. The minimum absolute atomic E-state index is 0.117. The highest BCUT2D eigenvalue weighted by molar-refractivity contribution is 6.29. The van der Waals surface area contributed by atoms with E-state index < -0.39 is 5.60 Å². The van der Waals surface area contributed by atoms with Crippen LogP contribution in [0.1, 0.15) is 37.9 Å². The number of amides is 1. The number of rotatable bonds is 4. The largest absolute Gasteiger partial charge is 0.390 e. The minimum Gasteiger partial charge on any atom is -0.390 e. The van der Waals surface area contributed by atoms with Crippen molar-refractivity contribution in [2.45, 2.75) is 44.1 Å². The van der Waals surface area contributed by atoms with Gasteiger partial charge in [0.2, 0.25) is 5.91 Å². The average Bonchev–Trinajstić information content (AvgIpc) is 3.07. The highest BCUT2D eigenvalue weighted by Crippen LogP contribution is 2.45. The summed E-state index contributed by atoms with van der Waals surface area (Å²) in [6.45, 7) is 1.48. The summed E-state index contributed by atoms with van der Waals surface area (Å²) in [6, 6.07) is 1.64. The van der Waals surface area contributed by atoms with Crippen LogP contribution in [-0.4, -0.2) is 39.8 Å². The van der Waals surface area contributed by atoms with Crippen LogP contribution in [0.5, 0.6) is 0 Å². The first-order chi connectivity index (χ1) is 9.57. The summed E-state index contributed by atoms with van der Waals surface area (Å²) in [5.41, 5.74) is -0.489. The molecule has 0 spiro atoms. The van der Waals surface area contributed by atoms with Gasteiger partial charge in [-0.05, 0) is 25.7 Å². The van der Waals surface area contributed by atoms with E-state index in [0.717, 1.165) is 32.2 Å². The summed E-state index contributed by atoms with van der Waals surface area (Å²) in [5, 5.41) is 14.1. The van der Waals surface area contributed by atoms with Crippen molar-refractivity contribution in [1.82, 2.24) is 10.1 Å². The first kappa shape index (κ1) is 13.9. The van der Waals surface area contributed by atoms with Crippen molar-refractivity contribution >= 4 is 17.5 Å². The lowest BCUT2D eigenvalue weighted by Crippen LogP contribution is -2.44. The Balaban J connectivity index is 1.51. The summed E-state index contributed by atoms with van der Waals surface area (Å²) in [7, 11) is 0. The van der Waals surface area contributed by atoms with Gasteiger partial charge in [-0.3, -0.25) is 4.79 Å². The Kier molecular flexibility index (Phi) is 3.73. The van der Waals surface area contributed by atoms with Crippen molar-refractivity contribution in [3.63, 3.8) is 0 Å². The number of carbonyl (C=O) groups is 1. The van der Waals surface area contributed by atoms with Gasteiger partial charge in [0.15, 0.2) is 5.15 Å². The molecule has 5 nitrogen and oxygen atoms in total. The second kappa shape index (κ2) is 5.37. The normalized spacial score (nSPS) is 24.7. The smallest absolute Gasteiger partial charge is 0.223 e. The van der Waals surface area contributed by atoms with Crippen LogP contribution in [0.4, 0.5) is 0 Å². The van der Waals surface area contributed by atoms with Crippen LogP contribution in [0, 0.1) is 5.92 Å². The van der Waals surface area contributed by atoms with E-state index >= 15 is 0 Å². The summed E-state index contributed by atoms with van der Waals surface area (Å²) in [5.74, 6) is 1.00. The van der Waals surface area contributed by atoms with Crippen LogP contribution in [-0.2, 0) is 11.2 Å². The number of likely N-dealkylation sites (tertiary alicyclic amines) is 1. The van der Waals surface area contributed by atoms with E-state index in [2.05, 4.69) is 5.16 Å². The van der Waals surface area contributed by atoms with Crippen LogP contribution in [0.15, 0.2) is 10.6 Å². The van der Waals surface area contributed by atoms with Gasteiger partial charge in [0.05, 0.1) is 5.60 Å². The van der Waals surface area contributed by atoms with Crippen molar-refractivity contribution < 1.29 is 14.4 Å². The lowest BCUT2D eigenvalue weighted by molar-refractivity contribution is -0.134. The highest BCUT2D eigenvalue weighted by atomic mass is 35.5. The maximum absolute atomic E-state index is 12.2. The summed E-state index contributed by atoms with van der Waals surface area (Å²) in [6.07, 6.45) is 4.69. The molecule has 20 heavy (non-hydrogen) atoms. The lowest BCUT2D eigenvalue weighted by atomic mass is 9.90. The molecule has 110 valence electrons. The fourth-order valence-electron chi connectivity index (χ4n) is 2.97. The molecule has 2 heterocycles. The Bertz CT molecular complexity index is 498. The van der Waals surface area contributed by atoms with Crippen LogP contribution in [0.3, 0.4) is 0 Å². The number of halogens is 1. The lowest BCUT2D eigenvalue weighted by Gasteiger charge is -2.35. The molecule has 1 amide bonds. The van der Waals surface area contributed by atoms with Gasteiger partial charge < -0.3 is 14.5 Å². The fraction of sp³-hybridized carbons (Fsp3) is 0.714. The highest BCUT2D eigenvalue weighted by Gasteiger charge is 2.48. The number of aromatic nitrogens is 1. The van der Waals surface area contributed by atoms with Crippen molar-refractivity contribution in [1.29, 1.82) is 0 Å². The van der Waals surface area contributed by atoms with Gasteiger partial charge in [-0.15, -0.1) is 0 Å². The first-order valence-corrected chi connectivity index (χ1v) is 7.56. The average molecular weight is 299 g/mol. The van der Waals surface area contributed by atoms with E-state index in [9.17, 15) is 9.90 Å². The number of carbonyl (C=O) groups excluding carboxylic acids is 1. The number of hydrogen-bond donors (Lipinski definition) is 1. The molecule has 2 fully saturated rings. The van der Waals surface area contributed by atoms with E-state index in [1.165, 1.54) is 0 Å². The quantitative estimate of drug-likeness (QED) is 0.923. The zero-order valence-electron chi connectivity index (χ0n) is 11.3. The van der Waals surface area contributed by atoms with Crippen molar-refractivity contribution in [3.8, 4) is 0 Å². The van der Waals surface area contributed by atoms with Crippen LogP contribution >= 0.6 is 11.6 Å². The van der Waals surface area contributed by atoms with Gasteiger partial charge >= 0.3 is 0 Å². The molecule has 2 aliphatic rings. The standard InChI is InChI=1S/C14H19ClN2O3/c15-12-8-11(20-16-12)3-4-13(18)17-7-1-2-10(9-17)14(19)5-6-14/h8,10,19H,1-7,9H2. The van der Waals surface area contributed by atoms with Gasteiger partial charge in [-0.1, -0.05) is 16.8 Å². The molecule has 1 aliphatic heterocycles. The predicted molar refractivity (Wildman–Crippen MR) is 73.3 cm³/mol. The summed E-state index contributed by atoms with van der Waals surface area (Å²) in [4.78, 5) is 14.1. The molecule has 3 rings (SSSR count). The van der Waals surface area contributed by atoms with E-state index in [-0.39, 0.29) is 11.8 Å². The number of hydrogen-bond acceptors (Lipinski definition) is 4. The van der Waals surface area contributed by atoms with Gasteiger partial charge in [0, 0.05) is 37.9 Å².